The monoisotopic (exact) mass is 445 g/mol. The van der Waals surface area contributed by atoms with Crippen LogP contribution in [0.4, 0.5) is 5.82 Å². The third kappa shape index (κ3) is 4.26. The molecule has 2 aromatic rings. The number of hydrogen-bond acceptors (Lipinski definition) is 6. The summed E-state index contributed by atoms with van der Waals surface area (Å²) in [5, 5.41) is 15.3. The van der Waals surface area contributed by atoms with Gasteiger partial charge in [0.25, 0.3) is 5.91 Å². The molecule has 2 aromatic heterocycles. The smallest absolute Gasteiger partial charge is 0.269 e. The van der Waals surface area contributed by atoms with Gasteiger partial charge in [0.15, 0.2) is 5.84 Å². The highest BCUT2D eigenvalue weighted by Gasteiger charge is 2.25. The van der Waals surface area contributed by atoms with E-state index in [4.69, 9.17) is 45.7 Å². The predicted octanol–water partition coefficient (Wildman–Crippen LogP) is 2.57. The summed E-state index contributed by atoms with van der Waals surface area (Å²) < 4.78 is 0. The lowest BCUT2D eigenvalue weighted by molar-refractivity contribution is 0.0926. The number of halogens is 3. The molecule has 0 saturated carbocycles. The number of amides is 1. The van der Waals surface area contributed by atoms with Crippen LogP contribution < -0.4 is 16.0 Å². The van der Waals surface area contributed by atoms with Crippen LogP contribution in [0, 0.1) is 6.92 Å². The fourth-order valence-electron chi connectivity index (χ4n) is 2.99. The number of amidine groups is 1. The number of rotatable bonds is 4. The van der Waals surface area contributed by atoms with Crippen molar-refractivity contribution in [2.24, 2.45) is 10.9 Å². The Balaban J connectivity index is 1.64. The van der Waals surface area contributed by atoms with Crippen LogP contribution in [0.15, 0.2) is 11.2 Å². The minimum Gasteiger partial charge on any atom is -0.409 e. The van der Waals surface area contributed by atoms with Gasteiger partial charge in [-0.1, -0.05) is 28.4 Å². The van der Waals surface area contributed by atoms with E-state index in [1.807, 2.05) is 4.90 Å². The molecule has 0 radical (unpaired) electrons. The average Bonchev–Trinajstić information content (AvgIpc) is 2.95. The van der Waals surface area contributed by atoms with Crippen molar-refractivity contribution in [3.05, 3.63) is 38.5 Å². The maximum absolute atomic E-state index is 12.5. The van der Waals surface area contributed by atoms with E-state index in [0.29, 0.717) is 42.5 Å². The van der Waals surface area contributed by atoms with Gasteiger partial charge in [0.05, 0.1) is 10.0 Å². The summed E-state index contributed by atoms with van der Waals surface area (Å²) in [5.74, 6) is 0.128. The van der Waals surface area contributed by atoms with E-state index in [2.05, 4.69) is 25.4 Å². The predicted molar refractivity (Wildman–Crippen MR) is 108 cm³/mol. The highest BCUT2D eigenvalue weighted by Crippen LogP contribution is 2.29. The number of H-pyrrole nitrogens is 1. The second-order valence-corrected chi connectivity index (χ2v) is 7.45. The van der Waals surface area contributed by atoms with Gasteiger partial charge >= 0.3 is 0 Å². The molecule has 5 N–H and O–H groups in total. The summed E-state index contributed by atoms with van der Waals surface area (Å²) in [6.07, 6.45) is 1.38. The summed E-state index contributed by atoms with van der Waals surface area (Å²) in [4.78, 5) is 25.5. The minimum atomic E-state index is -0.294. The molecule has 12 heteroatoms. The normalized spacial score (nSPS) is 15.7. The topological polar surface area (TPSA) is 133 Å². The molecule has 0 spiro atoms. The van der Waals surface area contributed by atoms with E-state index < -0.39 is 0 Å². The quantitative estimate of drug-likeness (QED) is 0.188. The zero-order valence-electron chi connectivity index (χ0n) is 14.8. The van der Waals surface area contributed by atoms with Gasteiger partial charge < -0.3 is 26.1 Å². The number of aromatic amines is 1. The molecular weight excluding hydrogens is 429 g/mol. The van der Waals surface area contributed by atoms with Gasteiger partial charge in [-0.05, 0) is 31.4 Å². The Kier molecular flexibility index (Phi) is 6.17. The van der Waals surface area contributed by atoms with E-state index >= 15 is 0 Å². The van der Waals surface area contributed by atoms with Crippen molar-refractivity contribution in [3.8, 4) is 0 Å². The van der Waals surface area contributed by atoms with E-state index in [1.165, 1.54) is 0 Å². The molecule has 1 aliphatic heterocycles. The first-order valence-corrected chi connectivity index (χ1v) is 9.55. The van der Waals surface area contributed by atoms with Crippen molar-refractivity contribution >= 4 is 52.4 Å². The maximum atomic E-state index is 12.5. The number of nitrogens with two attached hydrogens (primary N) is 1. The molecule has 28 heavy (non-hydrogen) atoms. The van der Waals surface area contributed by atoms with E-state index in [0.717, 1.165) is 0 Å². The van der Waals surface area contributed by atoms with Gasteiger partial charge in [0.1, 0.15) is 17.2 Å². The van der Waals surface area contributed by atoms with Gasteiger partial charge in [-0.2, -0.15) is 0 Å². The number of nitrogens with one attached hydrogen (secondary N) is 2. The van der Waals surface area contributed by atoms with Crippen molar-refractivity contribution in [1.82, 2.24) is 20.3 Å². The van der Waals surface area contributed by atoms with Crippen molar-refractivity contribution in [2.45, 2.75) is 25.8 Å². The van der Waals surface area contributed by atoms with Gasteiger partial charge in [0.2, 0.25) is 5.28 Å². The first-order valence-electron chi connectivity index (χ1n) is 8.42. The third-order valence-electron chi connectivity index (χ3n) is 4.49. The number of aryl methyl sites for hydroxylation is 1. The Labute approximate surface area is 175 Å². The number of aromatic nitrogens is 3. The standard InChI is InChI=1S/C16H18Cl3N7O2/c1-7-11(17)12(18)13(21-7)15(27)22-8-2-4-26(5-3-8)10-6-9(14(20)25-28)23-16(19)24-10/h6,8,21,28H,2-5H2,1H3,(H2,20,25)(H,22,27). The molecule has 1 fully saturated rings. The molecule has 0 unspecified atom stereocenters. The SMILES string of the molecule is Cc1[nH]c(C(=O)NC2CCN(c3cc(/C(N)=N\O)nc(Cl)n3)CC2)c(Cl)c1Cl. The molecule has 0 aromatic carbocycles. The lowest BCUT2D eigenvalue weighted by atomic mass is 10.0. The van der Waals surface area contributed by atoms with Crippen LogP contribution >= 0.6 is 34.8 Å². The molecule has 150 valence electrons. The lowest BCUT2D eigenvalue weighted by Crippen LogP contribution is -2.45. The lowest BCUT2D eigenvalue weighted by Gasteiger charge is -2.33. The second kappa shape index (κ2) is 8.42. The highest BCUT2D eigenvalue weighted by molar-refractivity contribution is 6.44. The van der Waals surface area contributed by atoms with Crippen LogP contribution in [0.5, 0.6) is 0 Å². The van der Waals surface area contributed by atoms with Crippen molar-refractivity contribution in [2.75, 3.05) is 18.0 Å². The zero-order chi connectivity index (χ0) is 20.4. The Morgan fingerprint density at radius 1 is 1.32 bits per heavy atom. The average molecular weight is 447 g/mol. The molecule has 0 atom stereocenters. The summed E-state index contributed by atoms with van der Waals surface area (Å²) in [6, 6.07) is 1.58. The second-order valence-electron chi connectivity index (χ2n) is 6.35. The van der Waals surface area contributed by atoms with E-state index in [1.54, 1.807) is 13.0 Å². The number of piperidine rings is 1. The molecule has 0 aliphatic carbocycles. The number of oxime groups is 1. The Bertz CT molecular complexity index is 923. The minimum absolute atomic E-state index is 0.00293. The van der Waals surface area contributed by atoms with Gasteiger partial charge in [-0.15, -0.1) is 0 Å². The van der Waals surface area contributed by atoms with Crippen LogP contribution in [-0.4, -0.2) is 51.0 Å². The molecule has 3 heterocycles. The van der Waals surface area contributed by atoms with Crippen molar-refractivity contribution < 1.29 is 10.0 Å². The first kappa shape index (κ1) is 20.5. The van der Waals surface area contributed by atoms with E-state index in [-0.39, 0.29) is 39.5 Å². The van der Waals surface area contributed by atoms with Crippen LogP contribution in [0.1, 0.15) is 34.7 Å². The number of carbonyl (C=O) groups is 1. The molecular formula is C16H18Cl3N7O2. The number of anilines is 1. The summed E-state index contributed by atoms with van der Waals surface area (Å²) >= 11 is 18.1. The van der Waals surface area contributed by atoms with Crippen LogP contribution in [0.2, 0.25) is 15.3 Å². The number of nitrogens with zero attached hydrogens (tertiary/aromatic N) is 4. The van der Waals surface area contributed by atoms with Crippen molar-refractivity contribution in [1.29, 1.82) is 0 Å². The molecule has 0 bridgehead atoms. The summed E-state index contributed by atoms with van der Waals surface area (Å²) in [7, 11) is 0. The molecule has 1 saturated heterocycles. The largest absolute Gasteiger partial charge is 0.409 e. The Hall–Kier alpha value is -2.23. The van der Waals surface area contributed by atoms with Crippen LogP contribution in [-0.2, 0) is 0 Å². The molecule has 3 rings (SSSR count). The Morgan fingerprint density at radius 2 is 2.00 bits per heavy atom. The Morgan fingerprint density at radius 3 is 2.57 bits per heavy atom. The third-order valence-corrected chi connectivity index (χ3v) is 5.61. The van der Waals surface area contributed by atoms with Crippen LogP contribution in [0.3, 0.4) is 0 Å². The van der Waals surface area contributed by atoms with Gasteiger partial charge in [-0.3, -0.25) is 4.79 Å². The van der Waals surface area contributed by atoms with E-state index in [9.17, 15) is 4.79 Å². The van der Waals surface area contributed by atoms with Gasteiger partial charge in [0, 0.05) is 30.9 Å². The zero-order valence-corrected chi connectivity index (χ0v) is 17.1. The molecule has 1 aliphatic rings. The number of carbonyl (C=O) groups excluding carboxylic acids is 1. The summed E-state index contributed by atoms with van der Waals surface area (Å²) in [6.45, 7) is 3.01. The highest BCUT2D eigenvalue weighted by atomic mass is 35.5. The summed E-state index contributed by atoms with van der Waals surface area (Å²) in [5.41, 5.74) is 6.73. The molecule has 1 amide bonds. The maximum Gasteiger partial charge on any atom is 0.269 e. The number of hydrogen-bond donors (Lipinski definition) is 4. The first-order chi connectivity index (χ1) is 13.3. The fraction of sp³-hybridized carbons (Fsp3) is 0.375. The molecule has 9 nitrogen and oxygen atoms in total. The van der Waals surface area contributed by atoms with Crippen molar-refractivity contribution in [3.63, 3.8) is 0 Å². The van der Waals surface area contributed by atoms with Crippen LogP contribution in [0.25, 0.3) is 0 Å². The van der Waals surface area contributed by atoms with Gasteiger partial charge in [-0.25, -0.2) is 9.97 Å². The fourth-order valence-corrected chi connectivity index (χ4v) is 3.58.